The number of rotatable bonds is 4. The van der Waals surface area contributed by atoms with Crippen LogP contribution in [0.15, 0.2) is 43.0 Å². The predicted octanol–water partition coefficient (Wildman–Crippen LogP) is -0.528. The number of quaternary nitrogens is 1. The summed E-state index contributed by atoms with van der Waals surface area (Å²) in [5.41, 5.74) is 1.13. The third kappa shape index (κ3) is 4.21. The zero-order chi connectivity index (χ0) is 12.2. The lowest BCUT2D eigenvalue weighted by molar-refractivity contribution is -1.08. The molecule has 94 valence electrons. The number of carbonyl (C=O) groups excluding carboxylic acids is 1. The van der Waals surface area contributed by atoms with Crippen molar-refractivity contribution in [3.05, 3.63) is 48.6 Å². The molecule has 17 heavy (non-hydrogen) atoms. The molecule has 0 fully saturated rings. The van der Waals surface area contributed by atoms with E-state index in [1.54, 1.807) is 0 Å². The summed E-state index contributed by atoms with van der Waals surface area (Å²) in [6, 6.07) is 10.0. The monoisotopic (exact) mass is 255 g/mol. The molecule has 0 saturated carbocycles. The second kappa shape index (κ2) is 6.42. The molecule has 0 N–H and O–H groups in total. The van der Waals surface area contributed by atoms with Crippen molar-refractivity contribution in [2.45, 2.75) is 13.0 Å². The van der Waals surface area contributed by atoms with Crippen molar-refractivity contribution in [1.82, 2.24) is 0 Å². The molecule has 4 heteroatoms. The number of hydrogen-bond acceptors (Lipinski definition) is 2. The molecule has 0 radical (unpaired) electrons. The molecule has 0 saturated heterocycles. The summed E-state index contributed by atoms with van der Waals surface area (Å²) in [4.78, 5) is 16.5. The number of hydrogen-bond donors (Lipinski definition) is 0. The van der Waals surface area contributed by atoms with E-state index in [9.17, 15) is 4.79 Å². The number of benzene rings is 1. The van der Waals surface area contributed by atoms with Crippen LogP contribution in [0.1, 0.15) is 18.5 Å². The van der Waals surface area contributed by atoms with E-state index in [4.69, 9.17) is 4.84 Å². The average Bonchev–Trinajstić information content (AvgIpc) is 2.28. The first-order chi connectivity index (χ1) is 7.47. The zero-order valence-corrected chi connectivity index (χ0v) is 11.1. The first-order valence-corrected chi connectivity index (χ1v) is 5.22. The van der Waals surface area contributed by atoms with Crippen LogP contribution in [-0.2, 0) is 9.63 Å². The van der Waals surface area contributed by atoms with E-state index in [1.165, 1.54) is 6.08 Å². The van der Waals surface area contributed by atoms with Crippen LogP contribution in [0.4, 0.5) is 0 Å². The Morgan fingerprint density at radius 2 is 1.88 bits per heavy atom. The number of carbonyl (C=O) groups is 1. The molecule has 1 atom stereocenters. The molecule has 1 aromatic carbocycles. The molecule has 1 unspecified atom stereocenters. The van der Waals surface area contributed by atoms with Crippen molar-refractivity contribution in [3.63, 3.8) is 0 Å². The van der Waals surface area contributed by atoms with Gasteiger partial charge in [-0.25, -0.2) is 4.79 Å². The summed E-state index contributed by atoms with van der Waals surface area (Å²) < 4.78 is 0.148. The lowest BCUT2D eigenvalue weighted by atomic mass is 10.1. The first kappa shape index (κ1) is 15.7. The van der Waals surface area contributed by atoms with Crippen LogP contribution >= 0.6 is 0 Å². The molecule has 0 aliphatic heterocycles. The minimum atomic E-state index is -0.409. The zero-order valence-electron chi connectivity index (χ0n) is 10.4. The van der Waals surface area contributed by atoms with Crippen LogP contribution in [0.2, 0.25) is 0 Å². The number of hydroxylamine groups is 3. The van der Waals surface area contributed by atoms with E-state index in [0.29, 0.717) is 0 Å². The lowest BCUT2D eigenvalue weighted by Gasteiger charge is -2.31. The molecule has 0 heterocycles. The van der Waals surface area contributed by atoms with E-state index < -0.39 is 5.97 Å². The highest BCUT2D eigenvalue weighted by molar-refractivity contribution is 5.80. The van der Waals surface area contributed by atoms with E-state index in [1.807, 2.05) is 51.4 Å². The van der Waals surface area contributed by atoms with Crippen LogP contribution in [-0.4, -0.2) is 24.7 Å². The van der Waals surface area contributed by atoms with Gasteiger partial charge in [0.1, 0.15) is 20.1 Å². The van der Waals surface area contributed by atoms with Gasteiger partial charge in [0.2, 0.25) is 0 Å². The molecule has 1 aromatic rings. The van der Waals surface area contributed by atoms with E-state index in [0.717, 1.165) is 5.56 Å². The molecule has 0 aliphatic carbocycles. The van der Waals surface area contributed by atoms with Crippen molar-refractivity contribution >= 4 is 5.97 Å². The average molecular weight is 256 g/mol. The van der Waals surface area contributed by atoms with E-state index >= 15 is 0 Å². The van der Waals surface area contributed by atoms with Gasteiger partial charge < -0.3 is 12.4 Å². The second-order valence-corrected chi connectivity index (χ2v) is 4.14. The van der Waals surface area contributed by atoms with Crippen LogP contribution < -0.4 is 12.4 Å². The fourth-order valence-electron chi connectivity index (χ4n) is 1.44. The first-order valence-electron chi connectivity index (χ1n) is 5.22. The van der Waals surface area contributed by atoms with Gasteiger partial charge >= 0.3 is 5.97 Å². The maximum absolute atomic E-state index is 11.2. The van der Waals surface area contributed by atoms with Gasteiger partial charge in [0.15, 0.2) is 0 Å². The second-order valence-electron chi connectivity index (χ2n) is 4.14. The van der Waals surface area contributed by atoms with Crippen molar-refractivity contribution in [1.29, 1.82) is 0 Å². The summed E-state index contributed by atoms with van der Waals surface area (Å²) in [6.07, 6.45) is 1.18. The third-order valence-corrected chi connectivity index (χ3v) is 2.71. The molecule has 1 rings (SSSR count). The highest BCUT2D eigenvalue weighted by atomic mass is 35.5. The smallest absolute Gasteiger partial charge is 0.389 e. The summed E-state index contributed by atoms with van der Waals surface area (Å²) >= 11 is 0. The molecule has 0 aromatic heterocycles. The summed E-state index contributed by atoms with van der Waals surface area (Å²) in [5.74, 6) is -0.409. The Morgan fingerprint density at radius 3 is 2.35 bits per heavy atom. The SMILES string of the molecule is C=CC(=O)O[N+](C)(C)C(C)c1ccccc1.[Cl-]. The Kier molecular flexibility index (Phi) is 5.93. The minimum absolute atomic E-state index is 0. The highest BCUT2D eigenvalue weighted by Crippen LogP contribution is 2.24. The molecular formula is C13H18ClNO2. The molecule has 0 spiro atoms. The van der Waals surface area contributed by atoms with E-state index in [2.05, 4.69) is 6.58 Å². The van der Waals surface area contributed by atoms with Gasteiger partial charge in [-0.3, -0.25) is 4.84 Å². The van der Waals surface area contributed by atoms with Gasteiger partial charge in [0.05, 0.1) is 0 Å². The maximum atomic E-state index is 11.2. The van der Waals surface area contributed by atoms with Crippen molar-refractivity contribution < 1.29 is 26.7 Å². The number of nitrogens with zero attached hydrogens (tertiary/aromatic N) is 1. The Balaban J connectivity index is 0.00000256. The van der Waals surface area contributed by atoms with Crippen LogP contribution in [0.25, 0.3) is 0 Å². The Morgan fingerprint density at radius 1 is 1.35 bits per heavy atom. The van der Waals surface area contributed by atoms with Gasteiger partial charge in [-0.15, -0.1) is 4.65 Å². The topological polar surface area (TPSA) is 26.3 Å². The Bertz CT molecular complexity index is 376. The summed E-state index contributed by atoms with van der Waals surface area (Å²) in [6.45, 7) is 5.41. The van der Waals surface area contributed by atoms with Gasteiger partial charge in [-0.1, -0.05) is 36.9 Å². The fraction of sp³-hybridized carbons (Fsp3) is 0.308. The molecule has 0 amide bonds. The van der Waals surface area contributed by atoms with Crippen molar-refractivity contribution in [2.24, 2.45) is 0 Å². The molecular weight excluding hydrogens is 238 g/mol. The summed E-state index contributed by atoms with van der Waals surface area (Å²) in [7, 11) is 3.69. The Labute approximate surface area is 109 Å². The normalized spacial score (nSPS) is 12.2. The standard InChI is InChI=1S/C13H18NO2.ClH/c1-5-13(15)16-14(3,4)11(2)12-9-7-6-8-10-12;/h5-11H,1H2,2-4H3;1H/q+1;/p-1. The largest absolute Gasteiger partial charge is 1.00 e. The summed E-state index contributed by atoms with van der Waals surface area (Å²) in [5, 5.41) is 0. The highest BCUT2D eigenvalue weighted by Gasteiger charge is 2.30. The van der Waals surface area contributed by atoms with Gasteiger partial charge in [0, 0.05) is 11.6 Å². The number of halogens is 1. The maximum Gasteiger partial charge on any atom is 0.389 e. The van der Waals surface area contributed by atoms with Crippen molar-refractivity contribution in [3.8, 4) is 0 Å². The lowest BCUT2D eigenvalue weighted by Crippen LogP contribution is -3.00. The predicted molar refractivity (Wildman–Crippen MR) is 63.3 cm³/mol. The van der Waals surface area contributed by atoms with Gasteiger partial charge in [-0.2, -0.15) is 0 Å². The van der Waals surface area contributed by atoms with Crippen LogP contribution in [0, 0.1) is 0 Å². The van der Waals surface area contributed by atoms with Crippen LogP contribution in [0.3, 0.4) is 0 Å². The van der Waals surface area contributed by atoms with E-state index in [-0.39, 0.29) is 23.1 Å². The quantitative estimate of drug-likeness (QED) is 0.411. The molecule has 0 aliphatic rings. The van der Waals surface area contributed by atoms with Crippen molar-refractivity contribution in [2.75, 3.05) is 14.1 Å². The molecule has 3 nitrogen and oxygen atoms in total. The molecule has 0 bridgehead atoms. The fourth-order valence-corrected chi connectivity index (χ4v) is 1.44. The minimum Gasteiger partial charge on any atom is -1.00 e. The van der Waals surface area contributed by atoms with Gasteiger partial charge in [0.25, 0.3) is 0 Å². The third-order valence-electron chi connectivity index (χ3n) is 2.71. The van der Waals surface area contributed by atoms with Crippen LogP contribution in [0.5, 0.6) is 0 Å². The van der Waals surface area contributed by atoms with Gasteiger partial charge in [-0.05, 0) is 6.92 Å². The Hall–Kier alpha value is -1.32.